The highest BCUT2D eigenvalue weighted by Crippen LogP contribution is 2.24. The van der Waals surface area contributed by atoms with Crippen LogP contribution in [-0.4, -0.2) is 51.9 Å². The minimum absolute atomic E-state index is 0.0326. The van der Waals surface area contributed by atoms with E-state index in [0.29, 0.717) is 11.4 Å². The summed E-state index contributed by atoms with van der Waals surface area (Å²) >= 11 is 1.33. The topological polar surface area (TPSA) is 110 Å². The maximum absolute atomic E-state index is 13.0. The molecule has 3 rings (SSSR count). The van der Waals surface area contributed by atoms with E-state index in [0.717, 1.165) is 5.56 Å². The van der Waals surface area contributed by atoms with Crippen LogP contribution in [0.25, 0.3) is 10.6 Å². The Balaban J connectivity index is 1.73. The van der Waals surface area contributed by atoms with Crippen molar-refractivity contribution in [3.05, 3.63) is 35.6 Å². The Labute approximate surface area is 179 Å². The maximum atomic E-state index is 13.0. The zero-order valence-electron chi connectivity index (χ0n) is 17.5. The van der Waals surface area contributed by atoms with Gasteiger partial charge in [0.05, 0.1) is 6.10 Å². The number of Topliss-reactive ketones (excluding diaryl/α,β-unsaturated/α-hetero) is 1. The first-order valence-electron chi connectivity index (χ1n) is 9.84. The van der Waals surface area contributed by atoms with Gasteiger partial charge in [-0.15, -0.1) is 11.3 Å². The summed E-state index contributed by atoms with van der Waals surface area (Å²) < 4.78 is 5.37. The van der Waals surface area contributed by atoms with E-state index >= 15 is 0 Å². The van der Waals surface area contributed by atoms with Crippen LogP contribution >= 0.6 is 11.3 Å². The number of thiazole rings is 1. The standard InChI is InChI=1S/C21H26N4O4S/c1-12(2)8-15(19(28)25-21(4)13(3)29-10-17(21)26)23-18(27)16-11-30-20(24-16)14-6-5-7-22-9-14/h5-7,9,11-13,15H,8,10H2,1-4H3,(H,23,27)(H,25,28)/t13-,15-,21-/m1/s1. The number of amides is 2. The van der Waals surface area contributed by atoms with Crippen molar-refractivity contribution in [3.63, 3.8) is 0 Å². The van der Waals surface area contributed by atoms with Crippen molar-refractivity contribution in [1.82, 2.24) is 20.6 Å². The molecule has 0 bridgehead atoms. The molecule has 3 atom stereocenters. The lowest BCUT2D eigenvalue weighted by atomic mass is 9.92. The average Bonchev–Trinajstić information content (AvgIpc) is 3.29. The van der Waals surface area contributed by atoms with Crippen LogP contribution in [0.4, 0.5) is 0 Å². The Morgan fingerprint density at radius 2 is 2.17 bits per heavy atom. The number of hydrogen-bond donors (Lipinski definition) is 2. The molecule has 1 fully saturated rings. The maximum Gasteiger partial charge on any atom is 0.271 e. The molecule has 0 aliphatic carbocycles. The molecule has 2 amide bonds. The first kappa shape index (κ1) is 22.0. The van der Waals surface area contributed by atoms with Crippen LogP contribution < -0.4 is 10.6 Å². The van der Waals surface area contributed by atoms with E-state index in [1.807, 2.05) is 19.9 Å². The van der Waals surface area contributed by atoms with Crippen molar-refractivity contribution >= 4 is 28.9 Å². The van der Waals surface area contributed by atoms with Gasteiger partial charge in [0, 0.05) is 23.3 Å². The molecular formula is C21H26N4O4S. The molecule has 30 heavy (non-hydrogen) atoms. The van der Waals surface area contributed by atoms with Gasteiger partial charge in [0.25, 0.3) is 5.91 Å². The number of carbonyl (C=O) groups is 3. The average molecular weight is 431 g/mol. The molecule has 0 spiro atoms. The summed E-state index contributed by atoms with van der Waals surface area (Å²) in [5, 5.41) is 7.90. The molecule has 0 aromatic carbocycles. The smallest absolute Gasteiger partial charge is 0.271 e. The van der Waals surface area contributed by atoms with Gasteiger partial charge < -0.3 is 15.4 Å². The molecule has 9 heteroatoms. The van der Waals surface area contributed by atoms with Crippen molar-refractivity contribution in [2.24, 2.45) is 5.92 Å². The summed E-state index contributed by atoms with van der Waals surface area (Å²) in [7, 11) is 0. The molecule has 160 valence electrons. The SMILES string of the molecule is CC(C)C[C@@H](NC(=O)c1csc(-c2cccnc2)n1)C(=O)N[C@@]1(C)C(=O)CO[C@@H]1C. The number of pyridine rings is 1. The normalized spacial score (nSPS) is 22.2. The Morgan fingerprint density at radius 3 is 2.77 bits per heavy atom. The van der Waals surface area contributed by atoms with Gasteiger partial charge in [0.1, 0.15) is 28.9 Å². The van der Waals surface area contributed by atoms with E-state index in [-0.39, 0.29) is 24.0 Å². The second kappa shape index (κ2) is 9.01. The predicted molar refractivity (Wildman–Crippen MR) is 113 cm³/mol. The quantitative estimate of drug-likeness (QED) is 0.697. The Kier molecular flexibility index (Phi) is 6.62. The molecule has 2 aromatic heterocycles. The highest BCUT2D eigenvalue weighted by Gasteiger charge is 2.47. The molecule has 0 unspecified atom stereocenters. The summed E-state index contributed by atoms with van der Waals surface area (Å²) in [6, 6.07) is 2.87. The monoisotopic (exact) mass is 430 g/mol. The molecule has 2 N–H and O–H groups in total. The third kappa shape index (κ3) is 4.73. The summed E-state index contributed by atoms with van der Waals surface area (Å²) in [5.74, 6) is -0.871. The lowest BCUT2D eigenvalue weighted by molar-refractivity contribution is -0.130. The van der Waals surface area contributed by atoms with Gasteiger partial charge in [0.2, 0.25) is 5.91 Å². The van der Waals surface area contributed by atoms with E-state index < -0.39 is 29.5 Å². The van der Waals surface area contributed by atoms with Crippen LogP contribution in [0.2, 0.25) is 0 Å². The van der Waals surface area contributed by atoms with Crippen LogP contribution in [0, 0.1) is 5.92 Å². The third-order valence-electron chi connectivity index (χ3n) is 5.21. The van der Waals surface area contributed by atoms with E-state index in [4.69, 9.17) is 4.74 Å². The first-order valence-corrected chi connectivity index (χ1v) is 10.7. The molecular weight excluding hydrogens is 404 g/mol. The number of nitrogens with one attached hydrogen (secondary N) is 2. The molecule has 1 aliphatic rings. The second-order valence-corrected chi connectivity index (χ2v) is 8.86. The largest absolute Gasteiger partial charge is 0.368 e. The molecule has 1 aliphatic heterocycles. The number of rotatable bonds is 7. The van der Waals surface area contributed by atoms with E-state index in [9.17, 15) is 14.4 Å². The van der Waals surface area contributed by atoms with Crippen molar-refractivity contribution in [3.8, 4) is 10.6 Å². The molecule has 1 saturated heterocycles. The Morgan fingerprint density at radius 1 is 1.40 bits per heavy atom. The molecule has 0 saturated carbocycles. The molecule has 3 heterocycles. The molecule has 2 aromatic rings. The number of ether oxygens (including phenoxy) is 1. The van der Waals surface area contributed by atoms with Crippen LogP contribution in [0.15, 0.2) is 29.9 Å². The minimum atomic E-state index is -1.11. The molecule has 0 radical (unpaired) electrons. The lowest BCUT2D eigenvalue weighted by Gasteiger charge is -2.30. The van der Waals surface area contributed by atoms with Crippen molar-refractivity contribution in [2.45, 2.75) is 51.8 Å². The van der Waals surface area contributed by atoms with E-state index in [1.165, 1.54) is 11.3 Å². The van der Waals surface area contributed by atoms with E-state index in [1.54, 1.807) is 37.7 Å². The van der Waals surface area contributed by atoms with E-state index in [2.05, 4.69) is 20.6 Å². The summed E-state index contributed by atoms with van der Waals surface area (Å²) in [5.41, 5.74) is -0.0505. The zero-order valence-corrected chi connectivity index (χ0v) is 18.3. The van der Waals surface area contributed by atoms with Gasteiger partial charge in [0.15, 0.2) is 5.78 Å². The van der Waals surface area contributed by atoms with Crippen molar-refractivity contribution < 1.29 is 19.1 Å². The van der Waals surface area contributed by atoms with Gasteiger partial charge in [-0.05, 0) is 38.3 Å². The van der Waals surface area contributed by atoms with Crippen LogP contribution in [0.3, 0.4) is 0 Å². The van der Waals surface area contributed by atoms with Gasteiger partial charge in [-0.2, -0.15) is 0 Å². The lowest BCUT2D eigenvalue weighted by Crippen LogP contribution is -2.60. The van der Waals surface area contributed by atoms with Gasteiger partial charge in [-0.1, -0.05) is 13.8 Å². The summed E-state index contributed by atoms with van der Waals surface area (Å²) in [6.07, 6.45) is 3.33. The van der Waals surface area contributed by atoms with Gasteiger partial charge >= 0.3 is 0 Å². The number of ketones is 1. The van der Waals surface area contributed by atoms with Gasteiger partial charge in [-0.25, -0.2) is 4.98 Å². The first-order chi connectivity index (χ1) is 14.2. The van der Waals surface area contributed by atoms with Crippen LogP contribution in [0.1, 0.15) is 44.6 Å². The van der Waals surface area contributed by atoms with Gasteiger partial charge in [-0.3, -0.25) is 19.4 Å². The fourth-order valence-corrected chi connectivity index (χ4v) is 3.98. The fraction of sp³-hybridized carbons (Fsp3) is 0.476. The minimum Gasteiger partial charge on any atom is -0.368 e. The highest BCUT2D eigenvalue weighted by atomic mass is 32.1. The Bertz CT molecular complexity index is 930. The zero-order chi connectivity index (χ0) is 21.9. The van der Waals surface area contributed by atoms with Crippen LogP contribution in [-0.2, 0) is 14.3 Å². The highest BCUT2D eigenvalue weighted by molar-refractivity contribution is 7.13. The predicted octanol–water partition coefficient (Wildman–Crippen LogP) is 2.21. The van der Waals surface area contributed by atoms with Crippen molar-refractivity contribution in [2.75, 3.05) is 6.61 Å². The summed E-state index contributed by atoms with van der Waals surface area (Å²) in [6.45, 7) is 7.29. The Hall–Kier alpha value is -2.65. The number of hydrogen-bond acceptors (Lipinski definition) is 7. The summed E-state index contributed by atoms with van der Waals surface area (Å²) in [4.78, 5) is 46.4. The fourth-order valence-electron chi connectivity index (χ4n) is 3.19. The number of carbonyl (C=O) groups excluding carboxylic acids is 3. The second-order valence-electron chi connectivity index (χ2n) is 8.00. The number of nitrogens with zero attached hydrogens (tertiary/aromatic N) is 2. The molecule has 8 nitrogen and oxygen atoms in total. The van der Waals surface area contributed by atoms with Crippen molar-refractivity contribution in [1.29, 1.82) is 0 Å². The van der Waals surface area contributed by atoms with Crippen LogP contribution in [0.5, 0.6) is 0 Å². The number of aromatic nitrogens is 2. The third-order valence-corrected chi connectivity index (χ3v) is 6.11.